The van der Waals surface area contributed by atoms with E-state index in [4.69, 9.17) is 0 Å². The van der Waals surface area contributed by atoms with Crippen molar-refractivity contribution >= 4 is 5.91 Å². The van der Waals surface area contributed by atoms with E-state index in [2.05, 4.69) is 10.6 Å². The summed E-state index contributed by atoms with van der Waals surface area (Å²) in [5, 5.41) is 15.1. The highest BCUT2D eigenvalue weighted by atomic mass is 16.3. The predicted octanol–water partition coefficient (Wildman–Crippen LogP) is 0.836. The summed E-state index contributed by atoms with van der Waals surface area (Å²) in [5.41, 5.74) is 0.928. The van der Waals surface area contributed by atoms with Gasteiger partial charge in [0.15, 0.2) is 0 Å². The Kier molecular flexibility index (Phi) is 6.29. The molecule has 1 atom stereocenters. The van der Waals surface area contributed by atoms with Crippen molar-refractivity contribution in [2.75, 3.05) is 20.2 Å². The van der Waals surface area contributed by atoms with Crippen molar-refractivity contribution in [3.05, 3.63) is 35.9 Å². The molecule has 0 radical (unpaired) electrons. The molecule has 0 fully saturated rings. The molecule has 94 valence electrons. The Hall–Kier alpha value is -1.39. The SMILES string of the molecule is CNCCCC(=O)NC(CO)c1ccccc1. The minimum Gasteiger partial charge on any atom is -0.394 e. The summed E-state index contributed by atoms with van der Waals surface area (Å²) in [4.78, 5) is 11.6. The number of carbonyl (C=O) groups excluding carboxylic acids is 1. The molecule has 1 aromatic rings. The van der Waals surface area contributed by atoms with E-state index in [-0.39, 0.29) is 18.6 Å². The van der Waals surface area contributed by atoms with Gasteiger partial charge in [-0.3, -0.25) is 4.79 Å². The number of nitrogens with one attached hydrogen (secondary N) is 2. The number of benzene rings is 1. The van der Waals surface area contributed by atoms with Crippen LogP contribution in [0.1, 0.15) is 24.4 Å². The van der Waals surface area contributed by atoms with Crippen LogP contribution in [0.4, 0.5) is 0 Å². The number of rotatable bonds is 7. The smallest absolute Gasteiger partial charge is 0.220 e. The Labute approximate surface area is 102 Å². The first-order valence-electron chi connectivity index (χ1n) is 5.87. The molecule has 0 saturated heterocycles. The summed E-state index contributed by atoms with van der Waals surface area (Å²) >= 11 is 0. The van der Waals surface area contributed by atoms with Crippen molar-refractivity contribution in [2.24, 2.45) is 0 Å². The van der Waals surface area contributed by atoms with Gasteiger partial charge in [-0.05, 0) is 25.6 Å². The lowest BCUT2D eigenvalue weighted by molar-refractivity contribution is -0.122. The van der Waals surface area contributed by atoms with Gasteiger partial charge in [-0.1, -0.05) is 30.3 Å². The highest BCUT2D eigenvalue weighted by Gasteiger charge is 2.12. The van der Waals surface area contributed by atoms with Crippen molar-refractivity contribution in [2.45, 2.75) is 18.9 Å². The number of carbonyl (C=O) groups is 1. The molecule has 0 aliphatic heterocycles. The molecule has 0 aromatic heterocycles. The van der Waals surface area contributed by atoms with E-state index >= 15 is 0 Å². The molecule has 4 nitrogen and oxygen atoms in total. The molecule has 1 amide bonds. The van der Waals surface area contributed by atoms with Crippen LogP contribution in [0.25, 0.3) is 0 Å². The van der Waals surface area contributed by atoms with Gasteiger partial charge < -0.3 is 15.7 Å². The van der Waals surface area contributed by atoms with Gasteiger partial charge >= 0.3 is 0 Å². The van der Waals surface area contributed by atoms with Gasteiger partial charge in [-0.25, -0.2) is 0 Å². The predicted molar refractivity (Wildman–Crippen MR) is 67.6 cm³/mol. The van der Waals surface area contributed by atoms with Crippen LogP contribution in [0.3, 0.4) is 0 Å². The Morgan fingerprint density at radius 3 is 2.65 bits per heavy atom. The van der Waals surface area contributed by atoms with Gasteiger partial charge in [-0.15, -0.1) is 0 Å². The van der Waals surface area contributed by atoms with Crippen LogP contribution < -0.4 is 10.6 Å². The largest absolute Gasteiger partial charge is 0.394 e. The molecule has 0 aliphatic carbocycles. The first-order valence-corrected chi connectivity index (χ1v) is 5.87. The quantitative estimate of drug-likeness (QED) is 0.615. The molecule has 1 rings (SSSR count). The van der Waals surface area contributed by atoms with E-state index in [1.54, 1.807) is 0 Å². The second-order valence-corrected chi connectivity index (χ2v) is 3.92. The van der Waals surface area contributed by atoms with Crippen LogP contribution in [0.15, 0.2) is 30.3 Å². The Bertz CT molecular complexity index is 327. The number of hydrogen-bond acceptors (Lipinski definition) is 3. The van der Waals surface area contributed by atoms with Gasteiger partial charge in [0, 0.05) is 6.42 Å². The zero-order valence-corrected chi connectivity index (χ0v) is 10.1. The fourth-order valence-corrected chi connectivity index (χ4v) is 1.61. The maximum absolute atomic E-state index is 11.6. The summed E-state index contributed by atoms with van der Waals surface area (Å²) in [7, 11) is 1.86. The van der Waals surface area contributed by atoms with E-state index in [1.807, 2.05) is 37.4 Å². The minimum atomic E-state index is -0.307. The van der Waals surface area contributed by atoms with E-state index in [0.29, 0.717) is 6.42 Å². The minimum absolute atomic E-state index is 0.0249. The third kappa shape index (κ3) is 4.97. The van der Waals surface area contributed by atoms with Gasteiger partial charge in [0.25, 0.3) is 0 Å². The molecule has 1 unspecified atom stereocenters. The fraction of sp³-hybridized carbons (Fsp3) is 0.462. The number of amides is 1. The molecule has 3 N–H and O–H groups in total. The van der Waals surface area contributed by atoms with Gasteiger partial charge in [-0.2, -0.15) is 0 Å². The molecular formula is C13H20N2O2. The standard InChI is InChI=1S/C13H20N2O2/c1-14-9-5-8-13(17)15-12(10-16)11-6-3-2-4-7-11/h2-4,6-7,12,14,16H,5,8-10H2,1H3,(H,15,17). The molecular weight excluding hydrogens is 216 g/mol. The normalized spacial score (nSPS) is 12.1. The van der Waals surface area contributed by atoms with E-state index < -0.39 is 0 Å². The van der Waals surface area contributed by atoms with Crippen LogP contribution in [-0.2, 0) is 4.79 Å². The molecule has 1 aromatic carbocycles. The summed E-state index contributed by atoms with van der Waals surface area (Å²) in [6.07, 6.45) is 1.28. The number of hydrogen-bond donors (Lipinski definition) is 3. The average molecular weight is 236 g/mol. The van der Waals surface area contributed by atoms with E-state index in [9.17, 15) is 9.90 Å². The number of aliphatic hydroxyl groups is 1. The Balaban J connectivity index is 2.44. The van der Waals surface area contributed by atoms with Crippen LogP contribution >= 0.6 is 0 Å². The van der Waals surface area contributed by atoms with Gasteiger partial charge in [0.2, 0.25) is 5.91 Å². The fourth-order valence-electron chi connectivity index (χ4n) is 1.61. The molecule has 17 heavy (non-hydrogen) atoms. The van der Waals surface area contributed by atoms with Crippen molar-refractivity contribution in [3.63, 3.8) is 0 Å². The third-order valence-electron chi connectivity index (χ3n) is 2.55. The second-order valence-electron chi connectivity index (χ2n) is 3.92. The lowest BCUT2D eigenvalue weighted by atomic mass is 10.1. The van der Waals surface area contributed by atoms with Crippen molar-refractivity contribution in [3.8, 4) is 0 Å². The van der Waals surface area contributed by atoms with Crippen molar-refractivity contribution < 1.29 is 9.90 Å². The van der Waals surface area contributed by atoms with Crippen LogP contribution in [0.2, 0.25) is 0 Å². The van der Waals surface area contributed by atoms with Gasteiger partial charge in [0.05, 0.1) is 12.6 Å². The Morgan fingerprint density at radius 2 is 2.06 bits per heavy atom. The second kappa shape index (κ2) is 7.81. The highest BCUT2D eigenvalue weighted by molar-refractivity contribution is 5.76. The highest BCUT2D eigenvalue weighted by Crippen LogP contribution is 2.11. The lowest BCUT2D eigenvalue weighted by Gasteiger charge is -2.16. The average Bonchev–Trinajstić information content (AvgIpc) is 2.37. The third-order valence-corrected chi connectivity index (χ3v) is 2.55. The maximum atomic E-state index is 11.6. The van der Waals surface area contributed by atoms with Crippen LogP contribution in [0.5, 0.6) is 0 Å². The zero-order valence-electron chi connectivity index (χ0n) is 10.1. The Morgan fingerprint density at radius 1 is 1.35 bits per heavy atom. The topological polar surface area (TPSA) is 61.4 Å². The first kappa shape index (κ1) is 13.7. The summed E-state index contributed by atoms with van der Waals surface area (Å²) in [5.74, 6) is -0.0249. The van der Waals surface area contributed by atoms with E-state index in [1.165, 1.54) is 0 Å². The monoisotopic (exact) mass is 236 g/mol. The van der Waals surface area contributed by atoms with Crippen molar-refractivity contribution in [1.82, 2.24) is 10.6 Å². The molecule has 0 spiro atoms. The summed E-state index contributed by atoms with van der Waals surface area (Å²) in [6, 6.07) is 9.19. The molecule has 4 heteroatoms. The van der Waals surface area contributed by atoms with Gasteiger partial charge in [0.1, 0.15) is 0 Å². The summed E-state index contributed by atoms with van der Waals surface area (Å²) in [6.45, 7) is 0.740. The van der Waals surface area contributed by atoms with Crippen LogP contribution in [0, 0.1) is 0 Å². The van der Waals surface area contributed by atoms with E-state index in [0.717, 1.165) is 18.5 Å². The molecule has 0 saturated carbocycles. The molecule has 0 aliphatic rings. The lowest BCUT2D eigenvalue weighted by Crippen LogP contribution is -2.31. The van der Waals surface area contributed by atoms with Crippen LogP contribution in [-0.4, -0.2) is 31.2 Å². The zero-order chi connectivity index (χ0) is 12.5. The number of aliphatic hydroxyl groups excluding tert-OH is 1. The molecule has 0 bridgehead atoms. The first-order chi connectivity index (χ1) is 8.27. The maximum Gasteiger partial charge on any atom is 0.220 e. The summed E-state index contributed by atoms with van der Waals surface area (Å²) < 4.78 is 0. The molecule has 0 heterocycles. The van der Waals surface area contributed by atoms with Crippen molar-refractivity contribution in [1.29, 1.82) is 0 Å².